The molecule has 5 nitrogen and oxygen atoms in total. The molecule has 0 amide bonds. The Morgan fingerprint density at radius 3 is 2.82 bits per heavy atom. The van der Waals surface area contributed by atoms with Crippen molar-refractivity contribution >= 4 is 5.82 Å². The van der Waals surface area contributed by atoms with E-state index in [2.05, 4.69) is 16.4 Å². The molecule has 1 heterocycles. The molecule has 0 fully saturated rings. The minimum Gasteiger partial charge on any atom is -0.480 e. The van der Waals surface area contributed by atoms with Crippen LogP contribution in [-0.4, -0.2) is 32.4 Å². The van der Waals surface area contributed by atoms with Gasteiger partial charge in [-0.25, -0.2) is 0 Å². The Balaban J connectivity index is 2.75. The van der Waals surface area contributed by atoms with Gasteiger partial charge < -0.3 is 14.8 Å². The van der Waals surface area contributed by atoms with E-state index in [1.807, 2.05) is 13.0 Å². The SMILES string of the molecule is COCCCNc1cc(C)c(C#N)c(OC)n1. The molecule has 1 aromatic rings. The number of nitrogens with zero attached hydrogens (tertiary/aromatic N) is 2. The lowest BCUT2D eigenvalue weighted by molar-refractivity contribution is 0.197. The van der Waals surface area contributed by atoms with Gasteiger partial charge in [0.15, 0.2) is 0 Å². The molecular formula is C12H17N3O2. The molecule has 0 aliphatic carbocycles. The fraction of sp³-hybridized carbons (Fsp3) is 0.500. The number of aryl methyl sites for hydroxylation is 1. The summed E-state index contributed by atoms with van der Waals surface area (Å²) in [5.41, 5.74) is 1.34. The number of rotatable bonds is 6. The van der Waals surface area contributed by atoms with Crippen LogP contribution in [0.5, 0.6) is 5.88 Å². The van der Waals surface area contributed by atoms with Crippen LogP contribution in [0.3, 0.4) is 0 Å². The maximum Gasteiger partial charge on any atom is 0.233 e. The largest absolute Gasteiger partial charge is 0.480 e. The Morgan fingerprint density at radius 2 is 2.24 bits per heavy atom. The van der Waals surface area contributed by atoms with Crippen LogP contribution >= 0.6 is 0 Å². The summed E-state index contributed by atoms with van der Waals surface area (Å²) in [4.78, 5) is 4.22. The Morgan fingerprint density at radius 1 is 1.47 bits per heavy atom. The molecule has 1 N–H and O–H groups in total. The second-order valence-electron chi connectivity index (χ2n) is 3.59. The van der Waals surface area contributed by atoms with Crippen molar-refractivity contribution in [2.24, 2.45) is 0 Å². The van der Waals surface area contributed by atoms with Crippen LogP contribution in [0.4, 0.5) is 5.82 Å². The van der Waals surface area contributed by atoms with E-state index in [-0.39, 0.29) is 0 Å². The molecule has 17 heavy (non-hydrogen) atoms. The lowest BCUT2D eigenvalue weighted by atomic mass is 10.1. The van der Waals surface area contributed by atoms with Crippen molar-refractivity contribution in [1.29, 1.82) is 5.26 Å². The first-order valence-electron chi connectivity index (χ1n) is 5.41. The zero-order valence-corrected chi connectivity index (χ0v) is 10.4. The monoisotopic (exact) mass is 235 g/mol. The van der Waals surface area contributed by atoms with Gasteiger partial charge in [0.25, 0.3) is 0 Å². The number of methoxy groups -OCH3 is 2. The topological polar surface area (TPSA) is 67.2 Å². The minimum atomic E-state index is 0.363. The van der Waals surface area contributed by atoms with E-state index >= 15 is 0 Å². The van der Waals surface area contributed by atoms with Crippen LogP contribution < -0.4 is 10.1 Å². The lowest BCUT2D eigenvalue weighted by Gasteiger charge is -2.10. The van der Waals surface area contributed by atoms with Crippen molar-refractivity contribution in [1.82, 2.24) is 4.98 Å². The Labute approximate surface area is 101 Å². The fourth-order valence-electron chi connectivity index (χ4n) is 1.45. The number of hydrogen-bond donors (Lipinski definition) is 1. The van der Waals surface area contributed by atoms with E-state index in [0.717, 1.165) is 24.3 Å². The van der Waals surface area contributed by atoms with E-state index in [4.69, 9.17) is 14.7 Å². The normalized spacial score (nSPS) is 9.76. The zero-order chi connectivity index (χ0) is 12.7. The second kappa shape index (κ2) is 6.71. The van der Waals surface area contributed by atoms with Crippen molar-refractivity contribution in [3.05, 3.63) is 17.2 Å². The van der Waals surface area contributed by atoms with Crippen LogP contribution in [0.15, 0.2) is 6.07 Å². The fourth-order valence-corrected chi connectivity index (χ4v) is 1.45. The van der Waals surface area contributed by atoms with E-state index < -0.39 is 0 Å². The third kappa shape index (κ3) is 3.61. The maximum absolute atomic E-state index is 8.96. The van der Waals surface area contributed by atoms with Crippen LogP contribution in [0.2, 0.25) is 0 Å². The highest BCUT2D eigenvalue weighted by atomic mass is 16.5. The number of nitriles is 1. The van der Waals surface area contributed by atoms with Crippen molar-refractivity contribution < 1.29 is 9.47 Å². The Kier molecular flexibility index (Phi) is 5.24. The molecule has 0 unspecified atom stereocenters. The van der Waals surface area contributed by atoms with Gasteiger partial charge in [-0.1, -0.05) is 0 Å². The number of ether oxygens (including phenoxy) is 2. The summed E-state index contributed by atoms with van der Waals surface area (Å²) in [6.45, 7) is 3.35. The van der Waals surface area contributed by atoms with Crippen molar-refractivity contribution in [2.45, 2.75) is 13.3 Å². The van der Waals surface area contributed by atoms with E-state index in [1.54, 1.807) is 7.11 Å². The van der Waals surface area contributed by atoms with Gasteiger partial charge in [0.05, 0.1) is 7.11 Å². The molecule has 0 aliphatic heterocycles. The maximum atomic E-state index is 8.96. The second-order valence-corrected chi connectivity index (χ2v) is 3.59. The highest BCUT2D eigenvalue weighted by Gasteiger charge is 2.09. The molecule has 5 heteroatoms. The summed E-state index contributed by atoms with van der Waals surface area (Å²) in [5, 5.41) is 12.1. The number of hydrogen-bond acceptors (Lipinski definition) is 5. The first-order valence-corrected chi connectivity index (χ1v) is 5.41. The van der Waals surface area contributed by atoms with E-state index in [1.165, 1.54) is 7.11 Å². The summed E-state index contributed by atoms with van der Waals surface area (Å²) in [6, 6.07) is 3.92. The molecule has 0 saturated carbocycles. The number of pyridine rings is 1. The van der Waals surface area contributed by atoms with Gasteiger partial charge in [-0.3, -0.25) is 0 Å². The standard InChI is InChI=1S/C12H17N3O2/c1-9-7-11(14-5-4-6-16-2)15-12(17-3)10(9)8-13/h7H,4-6H2,1-3H3,(H,14,15). The zero-order valence-electron chi connectivity index (χ0n) is 10.4. The van der Waals surface area contributed by atoms with Gasteiger partial charge >= 0.3 is 0 Å². The molecule has 1 aromatic heterocycles. The number of aromatic nitrogens is 1. The first-order chi connectivity index (χ1) is 8.22. The molecule has 0 spiro atoms. The van der Waals surface area contributed by atoms with Gasteiger partial charge in [0.1, 0.15) is 17.5 Å². The smallest absolute Gasteiger partial charge is 0.233 e. The quantitative estimate of drug-likeness (QED) is 0.760. The molecule has 0 saturated heterocycles. The molecule has 0 aromatic carbocycles. The van der Waals surface area contributed by atoms with Crippen molar-refractivity contribution in [3.63, 3.8) is 0 Å². The molecule has 0 bridgehead atoms. The molecule has 0 atom stereocenters. The third-order valence-electron chi connectivity index (χ3n) is 2.32. The Hall–Kier alpha value is -1.80. The third-order valence-corrected chi connectivity index (χ3v) is 2.32. The first kappa shape index (κ1) is 13.3. The van der Waals surface area contributed by atoms with Crippen LogP contribution in [0, 0.1) is 18.3 Å². The molecule has 0 radical (unpaired) electrons. The summed E-state index contributed by atoms with van der Waals surface area (Å²) >= 11 is 0. The van der Waals surface area contributed by atoms with Gasteiger partial charge in [0.2, 0.25) is 5.88 Å². The molecule has 1 rings (SSSR count). The van der Waals surface area contributed by atoms with Crippen molar-refractivity contribution in [3.8, 4) is 11.9 Å². The Bertz CT molecular complexity index is 413. The lowest BCUT2D eigenvalue weighted by Crippen LogP contribution is -2.07. The van der Waals surface area contributed by atoms with Gasteiger partial charge in [-0.2, -0.15) is 10.2 Å². The van der Waals surface area contributed by atoms with Gasteiger partial charge in [-0.05, 0) is 25.0 Å². The number of nitrogens with one attached hydrogen (secondary N) is 1. The van der Waals surface area contributed by atoms with Gasteiger partial charge in [-0.15, -0.1) is 0 Å². The molecular weight excluding hydrogens is 218 g/mol. The number of anilines is 1. The highest BCUT2D eigenvalue weighted by molar-refractivity contribution is 5.51. The average Bonchev–Trinajstić information content (AvgIpc) is 2.34. The van der Waals surface area contributed by atoms with E-state index in [9.17, 15) is 0 Å². The van der Waals surface area contributed by atoms with Crippen molar-refractivity contribution in [2.75, 3.05) is 32.7 Å². The summed E-state index contributed by atoms with van der Waals surface area (Å²) in [7, 11) is 3.18. The van der Waals surface area contributed by atoms with Crippen LogP contribution in [0.25, 0.3) is 0 Å². The average molecular weight is 235 g/mol. The summed E-state index contributed by atoms with van der Waals surface area (Å²) < 4.78 is 10.0. The molecule has 92 valence electrons. The molecule has 0 aliphatic rings. The van der Waals surface area contributed by atoms with E-state index in [0.29, 0.717) is 18.1 Å². The highest BCUT2D eigenvalue weighted by Crippen LogP contribution is 2.21. The summed E-state index contributed by atoms with van der Waals surface area (Å²) in [6.07, 6.45) is 0.902. The summed E-state index contributed by atoms with van der Waals surface area (Å²) in [5.74, 6) is 1.08. The van der Waals surface area contributed by atoms with Gasteiger partial charge in [0, 0.05) is 20.3 Å². The minimum absolute atomic E-state index is 0.363. The predicted octanol–water partition coefficient (Wildman–Crippen LogP) is 1.72. The van der Waals surface area contributed by atoms with Crippen LogP contribution in [-0.2, 0) is 4.74 Å². The van der Waals surface area contributed by atoms with Crippen LogP contribution in [0.1, 0.15) is 17.5 Å². The predicted molar refractivity (Wildman–Crippen MR) is 65.2 cm³/mol.